The Morgan fingerprint density at radius 2 is 2.14 bits per heavy atom. The molecule has 1 aromatic carbocycles. The fraction of sp³-hybridized carbons (Fsp3) is 0. The van der Waals surface area contributed by atoms with Gasteiger partial charge in [0.25, 0.3) is 0 Å². The van der Waals surface area contributed by atoms with Gasteiger partial charge in [0, 0.05) is 10.9 Å². The average molecular weight is 187 g/mol. The van der Waals surface area contributed by atoms with Gasteiger partial charge in [0.05, 0.1) is 12.2 Å². The molecule has 14 heavy (non-hydrogen) atoms. The van der Waals surface area contributed by atoms with Crippen LogP contribution >= 0.6 is 0 Å². The Kier molecular flexibility index (Phi) is 2.07. The van der Waals surface area contributed by atoms with Crippen LogP contribution in [0, 0.1) is 0 Å². The van der Waals surface area contributed by atoms with Crippen LogP contribution in [0.15, 0.2) is 41.0 Å². The highest BCUT2D eigenvalue weighted by Crippen LogP contribution is 2.21. The maximum Gasteiger partial charge on any atom is 0.134 e. The van der Waals surface area contributed by atoms with E-state index >= 15 is 0 Å². The van der Waals surface area contributed by atoms with Crippen molar-refractivity contribution < 1.29 is 14.3 Å². The molecule has 0 N–H and O–H groups in total. The third-order valence-electron chi connectivity index (χ3n) is 1.91. The highest BCUT2D eigenvalue weighted by atomic mass is 16.4. The van der Waals surface area contributed by atoms with E-state index in [-0.39, 0.29) is 0 Å². The fourth-order valence-electron chi connectivity index (χ4n) is 1.29. The first-order valence-electron chi connectivity index (χ1n) is 4.12. The molecule has 3 heteroatoms. The van der Waals surface area contributed by atoms with Crippen LogP contribution in [-0.2, 0) is 4.79 Å². The molecule has 1 aromatic heterocycles. The number of furan rings is 1. The second kappa shape index (κ2) is 3.38. The minimum atomic E-state index is -1.21. The molecule has 2 rings (SSSR count). The first-order valence-corrected chi connectivity index (χ1v) is 4.12. The molecule has 70 valence electrons. The molecule has 0 fully saturated rings. The van der Waals surface area contributed by atoms with Crippen molar-refractivity contribution in [3.8, 4) is 0 Å². The van der Waals surface area contributed by atoms with Crippen molar-refractivity contribution in [3.63, 3.8) is 0 Å². The summed E-state index contributed by atoms with van der Waals surface area (Å²) in [5.74, 6) is -1.21. The summed E-state index contributed by atoms with van der Waals surface area (Å²) in [5.41, 5.74) is 1.48. The average Bonchev–Trinajstić information content (AvgIpc) is 2.58. The zero-order valence-corrected chi connectivity index (χ0v) is 7.27. The highest BCUT2D eigenvalue weighted by molar-refractivity contribution is 5.91. The molecule has 0 aliphatic rings. The number of aliphatic carboxylic acids is 1. The van der Waals surface area contributed by atoms with Crippen molar-refractivity contribution in [2.45, 2.75) is 0 Å². The number of carbonyl (C=O) groups excluding carboxylic acids is 1. The van der Waals surface area contributed by atoms with Gasteiger partial charge in [0.1, 0.15) is 5.58 Å². The minimum absolute atomic E-state index is 0.741. The predicted molar refractivity (Wildman–Crippen MR) is 50.3 cm³/mol. The van der Waals surface area contributed by atoms with Crippen LogP contribution in [-0.4, -0.2) is 5.97 Å². The Morgan fingerprint density at radius 1 is 1.36 bits per heavy atom. The molecular weight excluding hydrogens is 180 g/mol. The maximum atomic E-state index is 10.2. The van der Waals surface area contributed by atoms with Crippen LogP contribution in [0.1, 0.15) is 5.56 Å². The second-order valence-electron chi connectivity index (χ2n) is 2.84. The predicted octanol–water partition coefficient (Wildman–Crippen LogP) is 1.20. The number of hydrogen-bond acceptors (Lipinski definition) is 3. The Morgan fingerprint density at radius 3 is 2.93 bits per heavy atom. The lowest BCUT2D eigenvalue weighted by Gasteiger charge is -1.90. The quantitative estimate of drug-likeness (QED) is 0.663. The second-order valence-corrected chi connectivity index (χ2v) is 2.84. The summed E-state index contributed by atoms with van der Waals surface area (Å²) in [6.07, 6.45) is 3.96. The topological polar surface area (TPSA) is 53.3 Å². The van der Waals surface area contributed by atoms with E-state index in [1.54, 1.807) is 0 Å². The van der Waals surface area contributed by atoms with Crippen LogP contribution in [0.2, 0.25) is 0 Å². The first-order chi connectivity index (χ1) is 6.77. The zero-order chi connectivity index (χ0) is 9.97. The van der Waals surface area contributed by atoms with E-state index in [9.17, 15) is 9.90 Å². The van der Waals surface area contributed by atoms with E-state index in [1.165, 1.54) is 12.3 Å². The lowest BCUT2D eigenvalue weighted by molar-refractivity contribution is -0.297. The third kappa shape index (κ3) is 1.52. The van der Waals surface area contributed by atoms with Crippen LogP contribution in [0.4, 0.5) is 0 Å². The van der Waals surface area contributed by atoms with Crippen LogP contribution in [0.25, 0.3) is 17.0 Å². The van der Waals surface area contributed by atoms with Crippen LogP contribution in [0.3, 0.4) is 0 Å². The normalized spacial score (nSPS) is 11.1. The van der Waals surface area contributed by atoms with Crippen molar-refractivity contribution in [3.05, 3.63) is 42.2 Å². The standard InChI is InChI=1S/C11H8O3/c12-11(13)6-5-8-7-14-10-4-2-1-3-9(8)10/h1-7H,(H,12,13)/p-1/b6-5+. The molecule has 0 amide bonds. The smallest absolute Gasteiger partial charge is 0.134 e. The summed E-state index contributed by atoms with van der Waals surface area (Å²) in [5, 5.41) is 11.1. The molecule has 0 aliphatic heterocycles. The van der Waals surface area contributed by atoms with Gasteiger partial charge in [-0.15, -0.1) is 0 Å². The van der Waals surface area contributed by atoms with E-state index in [2.05, 4.69) is 0 Å². The number of carbonyl (C=O) groups is 1. The summed E-state index contributed by atoms with van der Waals surface area (Å²) < 4.78 is 5.22. The lowest BCUT2D eigenvalue weighted by Crippen LogP contribution is -2.18. The van der Waals surface area contributed by atoms with Gasteiger partial charge in [-0.05, 0) is 18.2 Å². The minimum Gasteiger partial charge on any atom is -0.545 e. The first kappa shape index (κ1) is 8.56. The molecular formula is C11H7O3-. The molecule has 0 saturated carbocycles. The van der Waals surface area contributed by atoms with Gasteiger partial charge in [-0.1, -0.05) is 18.2 Å². The summed E-state index contributed by atoms with van der Waals surface area (Å²) in [6.45, 7) is 0. The van der Waals surface area contributed by atoms with Crippen molar-refractivity contribution >= 4 is 23.0 Å². The number of benzene rings is 1. The monoisotopic (exact) mass is 187 g/mol. The number of para-hydroxylation sites is 1. The Bertz CT molecular complexity index is 494. The van der Waals surface area contributed by atoms with Crippen molar-refractivity contribution in [2.75, 3.05) is 0 Å². The molecule has 1 heterocycles. The Balaban J connectivity index is 2.48. The Hall–Kier alpha value is -2.03. The van der Waals surface area contributed by atoms with E-state index < -0.39 is 5.97 Å². The van der Waals surface area contributed by atoms with Crippen molar-refractivity contribution in [1.82, 2.24) is 0 Å². The number of carboxylic acid groups (broad SMARTS) is 1. The van der Waals surface area contributed by atoms with Crippen molar-refractivity contribution in [1.29, 1.82) is 0 Å². The third-order valence-corrected chi connectivity index (χ3v) is 1.91. The number of hydrogen-bond donors (Lipinski definition) is 0. The summed E-state index contributed by atoms with van der Waals surface area (Å²) in [7, 11) is 0. The van der Waals surface area contributed by atoms with Gasteiger partial charge in [-0.25, -0.2) is 0 Å². The molecule has 3 nitrogen and oxygen atoms in total. The van der Waals surface area contributed by atoms with Crippen LogP contribution < -0.4 is 5.11 Å². The summed E-state index contributed by atoms with van der Waals surface area (Å²) in [4.78, 5) is 10.2. The van der Waals surface area contributed by atoms with Gasteiger partial charge >= 0.3 is 0 Å². The van der Waals surface area contributed by atoms with Crippen LogP contribution in [0.5, 0.6) is 0 Å². The summed E-state index contributed by atoms with van der Waals surface area (Å²) >= 11 is 0. The van der Waals surface area contributed by atoms with E-state index in [1.807, 2.05) is 24.3 Å². The maximum absolute atomic E-state index is 10.2. The van der Waals surface area contributed by atoms with E-state index in [0.29, 0.717) is 0 Å². The van der Waals surface area contributed by atoms with Gasteiger partial charge in [-0.2, -0.15) is 0 Å². The van der Waals surface area contributed by atoms with Gasteiger partial charge in [0.15, 0.2) is 0 Å². The molecule has 0 bridgehead atoms. The molecule has 0 radical (unpaired) electrons. The largest absolute Gasteiger partial charge is 0.545 e. The number of carboxylic acids is 1. The van der Waals surface area contributed by atoms with Gasteiger partial charge in [0.2, 0.25) is 0 Å². The molecule has 0 spiro atoms. The number of rotatable bonds is 2. The lowest BCUT2D eigenvalue weighted by atomic mass is 10.2. The highest BCUT2D eigenvalue weighted by Gasteiger charge is 2.00. The molecule has 0 unspecified atom stereocenters. The SMILES string of the molecule is O=C([O-])/C=C/c1coc2ccccc12. The van der Waals surface area contributed by atoms with E-state index in [4.69, 9.17) is 4.42 Å². The molecule has 0 atom stereocenters. The van der Waals surface area contributed by atoms with Gasteiger partial charge in [-0.3, -0.25) is 0 Å². The molecule has 0 aliphatic carbocycles. The Labute approximate surface area is 80.3 Å². The number of fused-ring (bicyclic) bond motifs is 1. The fourth-order valence-corrected chi connectivity index (χ4v) is 1.29. The molecule has 0 saturated heterocycles. The van der Waals surface area contributed by atoms with E-state index in [0.717, 1.165) is 22.6 Å². The van der Waals surface area contributed by atoms with Gasteiger partial charge < -0.3 is 14.3 Å². The summed E-state index contributed by atoms with van der Waals surface area (Å²) in [6, 6.07) is 7.42. The molecule has 2 aromatic rings. The van der Waals surface area contributed by atoms with Crippen molar-refractivity contribution in [2.24, 2.45) is 0 Å². The zero-order valence-electron chi connectivity index (χ0n) is 7.27.